The number of carbonyl (C=O) groups is 2. The fourth-order valence-corrected chi connectivity index (χ4v) is 2.72. The standard InChI is InChI=1S/C19H22N6O4/c1-2-28-14-7-4-3-6-13(14)19(27)21-10-15(26)29-9-5-8-25-12-24-16-17(20)22-11-23-18(16)25/h3-4,6-7,11-12H,2,5,8-10H2,1H3,(H,21,27)(H2,20,22,23). The van der Waals surface area contributed by atoms with Crippen LogP contribution in [0.2, 0.25) is 0 Å². The molecule has 0 atom stereocenters. The molecule has 29 heavy (non-hydrogen) atoms. The number of hydrogen-bond acceptors (Lipinski definition) is 8. The maximum Gasteiger partial charge on any atom is 0.325 e. The SMILES string of the molecule is CCOc1ccccc1C(=O)NCC(=O)OCCCn1cnc2c(N)ncnc21. The monoisotopic (exact) mass is 398 g/mol. The highest BCUT2D eigenvalue weighted by Crippen LogP contribution is 2.17. The van der Waals surface area contributed by atoms with Crippen LogP contribution in [0.25, 0.3) is 11.2 Å². The number of esters is 1. The molecule has 0 spiro atoms. The minimum atomic E-state index is -0.519. The summed E-state index contributed by atoms with van der Waals surface area (Å²) in [5.74, 6) is -0.123. The van der Waals surface area contributed by atoms with Gasteiger partial charge in [0.1, 0.15) is 24.1 Å². The van der Waals surface area contributed by atoms with Crippen molar-refractivity contribution in [1.82, 2.24) is 24.8 Å². The molecule has 152 valence electrons. The van der Waals surface area contributed by atoms with E-state index in [4.69, 9.17) is 15.2 Å². The van der Waals surface area contributed by atoms with Crippen molar-refractivity contribution in [2.24, 2.45) is 0 Å². The summed E-state index contributed by atoms with van der Waals surface area (Å²) >= 11 is 0. The highest BCUT2D eigenvalue weighted by Gasteiger charge is 2.13. The van der Waals surface area contributed by atoms with Crippen molar-refractivity contribution in [3.8, 4) is 5.75 Å². The Morgan fingerprint density at radius 2 is 2.03 bits per heavy atom. The smallest absolute Gasteiger partial charge is 0.325 e. The molecule has 1 aromatic carbocycles. The van der Waals surface area contributed by atoms with Gasteiger partial charge in [0.15, 0.2) is 11.5 Å². The van der Waals surface area contributed by atoms with Crippen LogP contribution in [-0.4, -0.2) is 51.2 Å². The van der Waals surface area contributed by atoms with Crippen molar-refractivity contribution < 1.29 is 19.1 Å². The first-order valence-corrected chi connectivity index (χ1v) is 9.17. The van der Waals surface area contributed by atoms with E-state index in [1.165, 1.54) is 6.33 Å². The lowest BCUT2D eigenvalue weighted by Crippen LogP contribution is -2.31. The van der Waals surface area contributed by atoms with E-state index < -0.39 is 11.9 Å². The number of benzene rings is 1. The van der Waals surface area contributed by atoms with E-state index in [2.05, 4.69) is 20.3 Å². The fourth-order valence-electron chi connectivity index (χ4n) is 2.72. The molecule has 0 saturated carbocycles. The Labute approximate surface area is 167 Å². The van der Waals surface area contributed by atoms with Gasteiger partial charge in [0.25, 0.3) is 5.91 Å². The highest BCUT2D eigenvalue weighted by atomic mass is 16.5. The van der Waals surface area contributed by atoms with Crippen molar-refractivity contribution >= 4 is 28.9 Å². The van der Waals surface area contributed by atoms with Crippen molar-refractivity contribution in [3.63, 3.8) is 0 Å². The number of imidazole rings is 1. The first kappa shape index (κ1) is 20.1. The number of aromatic nitrogens is 4. The van der Waals surface area contributed by atoms with Crippen LogP contribution in [0.4, 0.5) is 5.82 Å². The van der Waals surface area contributed by atoms with Gasteiger partial charge in [0, 0.05) is 6.54 Å². The first-order chi connectivity index (χ1) is 14.1. The number of carbonyl (C=O) groups excluding carboxylic acids is 2. The van der Waals surface area contributed by atoms with E-state index in [0.717, 1.165) is 0 Å². The molecule has 0 fully saturated rings. The van der Waals surface area contributed by atoms with E-state index in [1.54, 1.807) is 30.6 Å². The molecular weight excluding hydrogens is 376 g/mol. The van der Waals surface area contributed by atoms with Crippen molar-refractivity contribution in [1.29, 1.82) is 0 Å². The second kappa shape index (κ2) is 9.49. The molecule has 10 heteroatoms. The molecule has 10 nitrogen and oxygen atoms in total. The van der Waals surface area contributed by atoms with Crippen LogP contribution in [0.3, 0.4) is 0 Å². The predicted octanol–water partition coefficient (Wildman–Crippen LogP) is 1.17. The molecule has 1 amide bonds. The number of anilines is 1. The number of nitrogen functional groups attached to an aromatic ring is 1. The Morgan fingerprint density at radius 1 is 1.21 bits per heavy atom. The van der Waals surface area contributed by atoms with Gasteiger partial charge in [-0.2, -0.15) is 0 Å². The Hall–Kier alpha value is -3.69. The third kappa shape index (κ3) is 4.98. The van der Waals surface area contributed by atoms with Gasteiger partial charge in [-0.25, -0.2) is 15.0 Å². The molecule has 2 aromatic heterocycles. The van der Waals surface area contributed by atoms with E-state index in [9.17, 15) is 9.59 Å². The van der Waals surface area contributed by atoms with Gasteiger partial charge in [-0.3, -0.25) is 9.59 Å². The van der Waals surface area contributed by atoms with Gasteiger partial charge in [-0.15, -0.1) is 0 Å². The molecule has 2 heterocycles. The van der Waals surface area contributed by atoms with E-state index in [-0.39, 0.29) is 13.2 Å². The maximum atomic E-state index is 12.3. The first-order valence-electron chi connectivity index (χ1n) is 9.17. The zero-order valence-corrected chi connectivity index (χ0v) is 16.0. The number of amides is 1. The van der Waals surface area contributed by atoms with Crippen LogP contribution in [-0.2, 0) is 16.1 Å². The lowest BCUT2D eigenvalue weighted by Gasteiger charge is -2.10. The van der Waals surface area contributed by atoms with Gasteiger partial charge in [-0.1, -0.05) is 12.1 Å². The number of ether oxygens (including phenoxy) is 2. The predicted molar refractivity (Wildman–Crippen MR) is 105 cm³/mol. The summed E-state index contributed by atoms with van der Waals surface area (Å²) in [6, 6.07) is 6.85. The topological polar surface area (TPSA) is 134 Å². The third-order valence-electron chi connectivity index (χ3n) is 4.06. The molecule has 3 aromatic rings. The van der Waals surface area contributed by atoms with Crippen molar-refractivity contribution in [3.05, 3.63) is 42.5 Å². The Balaban J connectivity index is 1.42. The number of fused-ring (bicyclic) bond motifs is 1. The molecule has 3 rings (SSSR count). The Kier molecular flexibility index (Phi) is 6.56. The third-order valence-corrected chi connectivity index (χ3v) is 4.06. The zero-order chi connectivity index (χ0) is 20.6. The molecule has 0 aliphatic rings. The van der Waals surface area contributed by atoms with Crippen LogP contribution in [0.1, 0.15) is 23.7 Å². The minimum absolute atomic E-state index is 0.199. The van der Waals surface area contributed by atoms with Crippen LogP contribution in [0.15, 0.2) is 36.9 Å². The number of hydrogen-bond donors (Lipinski definition) is 2. The molecule has 0 radical (unpaired) electrons. The van der Waals surface area contributed by atoms with E-state index >= 15 is 0 Å². The van der Waals surface area contributed by atoms with Crippen molar-refractivity contribution in [2.45, 2.75) is 19.9 Å². The normalized spacial score (nSPS) is 10.7. The van der Waals surface area contributed by atoms with Gasteiger partial charge < -0.3 is 25.1 Å². The van der Waals surface area contributed by atoms with E-state index in [1.807, 2.05) is 11.5 Å². The molecule has 0 unspecified atom stereocenters. The number of nitrogens with one attached hydrogen (secondary N) is 1. The summed E-state index contributed by atoms with van der Waals surface area (Å²) in [5.41, 5.74) is 7.29. The molecule has 0 aliphatic carbocycles. The summed E-state index contributed by atoms with van der Waals surface area (Å²) in [4.78, 5) is 36.4. The summed E-state index contributed by atoms with van der Waals surface area (Å²) in [6.07, 6.45) is 3.55. The molecule has 0 bridgehead atoms. The summed E-state index contributed by atoms with van der Waals surface area (Å²) in [5, 5.41) is 2.54. The molecular formula is C19H22N6O4. The van der Waals surface area contributed by atoms with E-state index in [0.29, 0.717) is 47.9 Å². The van der Waals surface area contributed by atoms with Crippen LogP contribution >= 0.6 is 0 Å². The largest absolute Gasteiger partial charge is 0.493 e. The van der Waals surface area contributed by atoms with Gasteiger partial charge in [-0.05, 0) is 25.5 Å². The second-order valence-electron chi connectivity index (χ2n) is 6.05. The average Bonchev–Trinajstić information content (AvgIpc) is 3.14. The lowest BCUT2D eigenvalue weighted by molar-refractivity contribution is -0.142. The average molecular weight is 398 g/mol. The quantitative estimate of drug-likeness (QED) is 0.405. The Morgan fingerprint density at radius 3 is 2.86 bits per heavy atom. The number of nitrogens with two attached hydrogens (primary N) is 1. The molecule has 0 saturated heterocycles. The highest BCUT2D eigenvalue weighted by molar-refractivity contribution is 5.98. The van der Waals surface area contributed by atoms with Crippen LogP contribution in [0.5, 0.6) is 5.75 Å². The number of rotatable bonds is 9. The van der Waals surface area contributed by atoms with Gasteiger partial charge in [0.05, 0.1) is 25.1 Å². The van der Waals surface area contributed by atoms with Gasteiger partial charge >= 0.3 is 5.97 Å². The van der Waals surface area contributed by atoms with Crippen molar-refractivity contribution in [2.75, 3.05) is 25.5 Å². The molecule has 0 aliphatic heterocycles. The zero-order valence-electron chi connectivity index (χ0n) is 16.0. The number of nitrogens with zero attached hydrogens (tertiary/aromatic N) is 4. The summed E-state index contributed by atoms with van der Waals surface area (Å²) < 4.78 is 12.4. The minimum Gasteiger partial charge on any atom is -0.493 e. The molecule has 3 N–H and O–H groups in total. The van der Waals surface area contributed by atoms with Gasteiger partial charge in [0.2, 0.25) is 0 Å². The van der Waals surface area contributed by atoms with Crippen LogP contribution in [0, 0.1) is 0 Å². The lowest BCUT2D eigenvalue weighted by atomic mass is 10.2. The summed E-state index contributed by atoms with van der Waals surface area (Å²) in [6.45, 7) is 2.80. The number of aryl methyl sites for hydroxylation is 1. The number of para-hydroxylation sites is 1. The van der Waals surface area contributed by atoms with Crippen LogP contribution < -0.4 is 15.8 Å². The second-order valence-corrected chi connectivity index (χ2v) is 6.05. The fraction of sp³-hybridized carbons (Fsp3) is 0.316. The summed E-state index contributed by atoms with van der Waals surface area (Å²) in [7, 11) is 0. The Bertz CT molecular complexity index is 1000. The maximum absolute atomic E-state index is 12.3.